The van der Waals surface area contributed by atoms with Crippen molar-refractivity contribution >= 4 is 16.0 Å². The average Bonchev–Trinajstić information content (AvgIpc) is 3.26. The maximum atomic E-state index is 13.6. The summed E-state index contributed by atoms with van der Waals surface area (Å²) in [7, 11) is -4.08. The van der Waals surface area contributed by atoms with Crippen LogP contribution in [-0.2, 0) is 55.6 Å². The lowest BCUT2D eigenvalue weighted by Crippen LogP contribution is -2.36. The second kappa shape index (κ2) is 11.5. The molecule has 0 radical (unpaired) electrons. The molecule has 1 saturated heterocycles. The smallest absolute Gasteiger partial charge is 0.341 e. The van der Waals surface area contributed by atoms with Crippen LogP contribution in [0.5, 0.6) is 0 Å². The number of alkyl halides is 12. The first-order valence-electron chi connectivity index (χ1n) is 12.0. The van der Waals surface area contributed by atoms with Gasteiger partial charge in [-0.2, -0.15) is 61.1 Å². The molecule has 5 nitrogen and oxygen atoms in total. The van der Waals surface area contributed by atoms with E-state index in [0.717, 1.165) is 11.0 Å². The highest BCUT2D eigenvalue weighted by molar-refractivity contribution is 7.85. The topological polar surface area (TPSA) is 63.7 Å². The van der Waals surface area contributed by atoms with Crippen LogP contribution in [0.4, 0.5) is 52.7 Å². The van der Waals surface area contributed by atoms with Gasteiger partial charge in [-0.15, -0.1) is 0 Å². The number of nitrogens with zero attached hydrogens (tertiary/aromatic N) is 1. The van der Waals surface area contributed by atoms with Gasteiger partial charge < -0.3 is 4.90 Å². The molecule has 1 fully saturated rings. The van der Waals surface area contributed by atoms with Gasteiger partial charge in [0.15, 0.2) is 0 Å². The van der Waals surface area contributed by atoms with Crippen molar-refractivity contribution in [3.8, 4) is 0 Å². The number of carbonyl (C=O) groups excluding carboxylic acids is 1. The quantitative estimate of drug-likeness (QED) is 0.241. The zero-order valence-corrected chi connectivity index (χ0v) is 22.5. The molecule has 1 amide bonds. The zero-order valence-electron chi connectivity index (χ0n) is 21.7. The molecule has 0 saturated carbocycles. The van der Waals surface area contributed by atoms with Crippen molar-refractivity contribution in [2.45, 2.75) is 49.4 Å². The Kier molecular flexibility index (Phi) is 9.20. The highest BCUT2D eigenvalue weighted by Crippen LogP contribution is 2.45. The molecule has 0 aromatic heterocycles. The number of benzene rings is 2. The van der Waals surface area contributed by atoms with E-state index in [2.05, 4.69) is 4.18 Å². The third-order valence-electron chi connectivity index (χ3n) is 6.83. The Balaban J connectivity index is 2.00. The van der Waals surface area contributed by atoms with Crippen molar-refractivity contribution in [1.29, 1.82) is 0 Å². The van der Waals surface area contributed by atoms with Gasteiger partial charge in [0.05, 0.1) is 41.5 Å². The molecule has 1 aliphatic heterocycles. The van der Waals surface area contributed by atoms with E-state index in [-0.39, 0.29) is 36.7 Å². The second-order valence-corrected chi connectivity index (χ2v) is 11.6. The molecule has 1 atom stereocenters. The Morgan fingerprint density at radius 1 is 0.814 bits per heavy atom. The predicted octanol–water partition coefficient (Wildman–Crippen LogP) is 6.84. The molecule has 0 aliphatic carbocycles. The molecule has 0 N–H and O–H groups in total. The number of amides is 1. The molecule has 1 unspecified atom stereocenters. The molecule has 1 heterocycles. The largest absolute Gasteiger partial charge is 0.417 e. The summed E-state index contributed by atoms with van der Waals surface area (Å²) < 4.78 is 188. The van der Waals surface area contributed by atoms with Crippen molar-refractivity contribution in [3.05, 3.63) is 69.8 Å². The Morgan fingerprint density at radius 3 is 1.81 bits per heavy atom. The summed E-state index contributed by atoms with van der Waals surface area (Å²) in [5.74, 6) is -1.03. The molecule has 18 heteroatoms. The number of hydrogen-bond donors (Lipinski definition) is 0. The molecular weight excluding hydrogens is 638 g/mol. The summed E-state index contributed by atoms with van der Waals surface area (Å²) in [5, 5.41) is 0. The normalized spacial score (nSPS) is 18.8. The third kappa shape index (κ3) is 8.55. The molecule has 2 aromatic carbocycles. The second-order valence-electron chi connectivity index (χ2n) is 9.97. The fourth-order valence-corrected chi connectivity index (χ4v) is 5.21. The molecule has 240 valence electrons. The lowest BCUT2D eigenvalue weighted by molar-refractivity contribution is -0.162. The monoisotopic (exact) mass is 659 g/mol. The molecule has 3 rings (SSSR count). The SMILES string of the molecule is CS(=O)(=O)OCCC1(c2ccc(C(F)(F)F)c(C(F)(F)F)c2)CCN(C(=O)Cc2cc(C(F)(F)F)cc(C(F)(F)F)c2)C1. The summed E-state index contributed by atoms with van der Waals surface area (Å²) in [5.41, 5.74) is -10.0. The lowest BCUT2D eigenvalue weighted by Gasteiger charge is -2.31. The number of rotatable bonds is 7. The highest BCUT2D eigenvalue weighted by atomic mass is 32.2. The van der Waals surface area contributed by atoms with Gasteiger partial charge in [0.25, 0.3) is 10.1 Å². The van der Waals surface area contributed by atoms with Crippen molar-refractivity contribution in [2.75, 3.05) is 26.0 Å². The zero-order chi connectivity index (χ0) is 32.8. The molecule has 2 aromatic rings. The minimum atomic E-state index is -5.47. The van der Waals surface area contributed by atoms with E-state index in [1.165, 1.54) is 0 Å². The van der Waals surface area contributed by atoms with Crippen LogP contribution in [0.1, 0.15) is 46.2 Å². The van der Waals surface area contributed by atoms with E-state index < -0.39 is 100.0 Å². The maximum absolute atomic E-state index is 13.6. The van der Waals surface area contributed by atoms with Crippen molar-refractivity contribution in [2.24, 2.45) is 0 Å². The van der Waals surface area contributed by atoms with Crippen LogP contribution in [0.15, 0.2) is 36.4 Å². The fraction of sp³-hybridized carbons (Fsp3) is 0.480. The van der Waals surface area contributed by atoms with E-state index in [9.17, 15) is 65.9 Å². The standard InChI is InChI=1S/C25H21F12NO4S/c1-43(40,41)42-7-5-21(15-2-3-18(24(32,33)34)19(12-15)25(35,36)37)4-6-38(13-21)20(39)10-14-8-16(22(26,27)28)11-17(9-14)23(29,30)31/h2-3,8-9,11-12H,4-7,10,13H2,1H3. The van der Waals surface area contributed by atoms with Crippen molar-refractivity contribution in [1.82, 2.24) is 4.90 Å². The Labute approximate surface area is 236 Å². The highest BCUT2D eigenvalue weighted by Gasteiger charge is 2.47. The Bertz CT molecular complexity index is 1430. The van der Waals surface area contributed by atoms with Gasteiger partial charge in [-0.1, -0.05) is 6.07 Å². The number of halogens is 12. The average molecular weight is 659 g/mol. The molecule has 0 bridgehead atoms. The van der Waals surface area contributed by atoms with E-state index in [1.54, 1.807) is 0 Å². The van der Waals surface area contributed by atoms with Gasteiger partial charge in [-0.3, -0.25) is 8.98 Å². The summed E-state index contributed by atoms with van der Waals surface area (Å²) in [6.45, 7) is -1.52. The van der Waals surface area contributed by atoms with Crippen molar-refractivity contribution < 1.29 is 70.1 Å². The molecule has 1 aliphatic rings. The first kappa shape index (κ1) is 34.5. The van der Waals surface area contributed by atoms with E-state index in [1.807, 2.05) is 0 Å². The van der Waals surface area contributed by atoms with Crippen LogP contribution in [0.3, 0.4) is 0 Å². The van der Waals surface area contributed by atoms with Crippen LogP contribution in [0.25, 0.3) is 0 Å². The predicted molar refractivity (Wildman–Crippen MR) is 125 cm³/mol. The van der Waals surface area contributed by atoms with Crippen LogP contribution in [0, 0.1) is 0 Å². The number of hydrogen-bond acceptors (Lipinski definition) is 4. The summed E-state index contributed by atoms with van der Waals surface area (Å²) in [6.07, 6.45) is -22.2. The molecule has 43 heavy (non-hydrogen) atoms. The van der Waals surface area contributed by atoms with E-state index in [0.29, 0.717) is 18.4 Å². The fourth-order valence-electron chi connectivity index (χ4n) is 4.82. The van der Waals surface area contributed by atoms with Crippen LogP contribution in [-0.4, -0.2) is 45.2 Å². The molecule has 0 spiro atoms. The van der Waals surface area contributed by atoms with Crippen molar-refractivity contribution in [3.63, 3.8) is 0 Å². The lowest BCUT2D eigenvalue weighted by atomic mass is 9.76. The first-order chi connectivity index (χ1) is 19.3. The molecular formula is C25H21F12NO4S. The van der Waals surface area contributed by atoms with Gasteiger partial charge >= 0.3 is 24.7 Å². The Morgan fingerprint density at radius 2 is 1.35 bits per heavy atom. The van der Waals surface area contributed by atoms with Gasteiger partial charge in [0, 0.05) is 18.5 Å². The number of carbonyl (C=O) groups is 1. The van der Waals surface area contributed by atoms with Gasteiger partial charge in [-0.25, -0.2) is 0 Å². The van der Waals surface area contributed by atoms with Crippen LogP contribution >= 0.6 is 0 Å². The minimum absolute atomic E-state index is 0.139. The maximum Gasteiger partial charge on any atom is 0.417 e. The third-order valence-corrected chi connectivity index (χ3v) is 7.42. The van der Waals surface area contributed by atoms with Crippen LogP contribution < -0.4 is 0 Å². The summed E-state index contributed by atoms with van der Waals surface area (Å²) in [6, 6.07) is 1.67. The van der Waals surface area contributed by atoms with Crippen LogP contribution in [0.2, 0.25) is 0 Å². The minimum Gasteiger partial charge on any atom is -0.341 e. The summed E-state index contributed by atoms with van der Waals surface area (Å²) >= 11 is 0. The Hall–Kier alpha value is -3.02. The van der Waals surface area contributed by atoms with Gasteiger partial charge in [0.2, 0.25) is 5.91 Å². The summed E-state index contributed by atoms with van der Waals surface area (Å²) in [4.78, 5) is 13.9. The number of likely N-dealkylation sites (tertiary alicyclic amines) is 1. The van der Waals surface area contributed by atoms with E-state index >= 15 is 0 Å². The van der Waals surface area contributed by atoms with Gasteiger partial charge in [-0.05, 0) is 54.3 Å². The van der Waals surface area contributed by atoms with Gasteiger partial charge in [0.1, 0.15) is 0 Å². The first-order valence-corrected chi connectivity index (χ1v) is 13.8. The van der Waals surface area contributed by atoms with E-state index in [4.69, 9.17) is 0 Å².